The van der Waals surface area contributed by atoms with E-state index in [1.807, 2.05) is 0 Å². The van der Waals surface area contributed by atoms with Crippen LogP contribution in [0.3, 0.4) is 0 Å². The molecule has 1 heterocycles. The van der Waals surface area contributed by atoms with Crippen LogP contribution in [0.4, 0.5) is 4.39 Å². The Morgan fingerprint density at radius 2 is 2.17 bits per heavy atom. The second-order valence-electron chi connectivity index (χ2n) is 5.09. The molecule has 98 valence electrons. The molecule has 1 aliphatic rings. The van der Waals surface area contributed by atoms with Crippen LogP contribution in [0.5, 0.6) is 0 Å². The Morgan fingerprint density at radius 3 is 2.78 bits per heavy atom. The van der Waals surface area contributed by atoms with Gasteiger partial charge < -0.3 is 5.32 Å². The maximum absolute atomic E-state index is 12.9. The normalized spacial score (nSPS) is 17.7. The first kappa shape index (κ1) is 13.0. The minimum absolute atomic E-state index is 0.152. The number of carbonyl (C=O) groups is 1. The van der Waals surface area contributed by atoms with Gasteiger partial charge in [0.1, 0.15) is 5.69 Å². The maximum atomic E-state index is 12.9. The number of nitrogens with zero attached hydrogens (tertiary/aromatic N) is 1. The Kier molecular flexibility index (Phi) is 3.94. The Balaban J connectivity index is 1.96. The van der Waals surface area contributed by atoms with E-state index >= 15 is 0 Å². The number of hydrogen-bond donors (Lipinski definition) is 1. The highest BCUT2D eigenvalue weighted by molar-refractivity contribution is 5.92. The van der Waals surface area contributed by atoms with E-state index in [2.05, 4.69) is 17.2 Å². The minimum Gasteiger partial charge on any atom is -0.350 e. The molecule has 1 aromatic rings. The summed E-state index contributed by atoms with van der Waals surface area (Å²) in [7, 11) is 0. The van der Waals surface area contributed by atoms with Crippen LogP contribution in [0, 0.1) is 11.4 Å². The molecule has 1 N–H and O–H groups in total. The number of halogens is 1. The summed E-state index contributed by atoms with van der Waals surface area (Å²) >= 11 is 0. The molecule has 18 heavy (non-hydrogen) atoms. The summed E-state index contributed by atoms with van der Waals surface area (Å²) in [6, 6.07) is 4.27. The Morgan fingerprint density at radius 1 is 1.44 bits per heavy atom. The highest BCUT2D eigenvalue weighted by Gasteiger charge is 2.32. The molecular formula is C14H19FN2O. The van der Waals surface area contributed by atoms with Crippen molar-refractivity contribution in [1.82, 2.24) is 10.3 Å². The van der Waals surface area contributed by atoms with Gasteiger partial charge in [0.05, 0.1) is 0 Å². The average molecular weight is 250 g/mol. The molecular weight excluding hydrogens is 231 g/mol. The van der Waals surface area contributed by atoms with Crippen LogP contribution in [0.2, 0.25) is 0 Å². The Bertz CT molecular complexity index is 428. The molecule has 0 aromatic carbocycles. The third-order valence-electron chi connectivity index (χ3n) is 3.99. The molecule has 1 fully saturated rings. The van der Waals surface area contributed by atoms with Gasteiger partial charge >= 0.3 is 0 Å². The van der Waals surface area contributed by atoms with Crippen molar-refractivity contribution < 1.29 is 9.18 Å². The van der Waals surface area contributed by atoms with Crippen molar-refractivity contribution in [2.75, 3.05) is 6.54 Å². The number of pyridine rings is 1. The van der Waals surface area contributed by atoms with Crippen molar-refractivity contribution in [2.45, 2.75) is 39.0 Å². The predicted octanol–water partition coefficient (Wildman–Crippen LogP) is 2.92. The molecule has 1 saturated carbocycles. The third kappa shape index (κ3) is 2.86. The van der Waals surface area contributed by atoms with Gasteiger partial charge in [-0.3, -0.25) is 4.79 Å². The van der Waals surface area contributed by atoms with E-state index in [9.17, 15) is 9.18 Å². The van der Waals surface area contributed by atoms with Gasteiger partial charge in [-0.2, -0.15) is 4.39 Å². The van der Waals surface area contributed by atoms with E-state index in [-0.39, 0.29) is 17.0 Å². The molecule has 0 unspecified atom stereocenters. The fourth-order valence-electron chi connectivity index (χ4n) is 2.67. The lowest BCUT2D eigenvalue weighted by Gasteiger charge is -2.27. The predicted molar refractivity (Wildman–Crippen MR) is 67.7 cm³/mol. The van der Waals surface area contributed by atoms with Gasteiger partial charge in [0.15, 0.2) is 0 Å². The number of amides is 1. The molecule has 3 nitrogen and oxygen atoms in total. The molecule has 4 heteroatoms. The smallest absolute Gasteiger partial charge is 0.270 e. The monoisotopic (exact) mass is 250 g/mol. The fourth-order valence-corrected chi connectivity index (χ4v) is 2.67. The van der Waals surface area contributed by atoms with E-state index in [1.165, 1.54) is 43.9 Å². The molecule has 0 atom stereocenters. The standard InChI is InChI=1S/C14H19FN2O/c1-2-14(8-3-4-9-14)10-16-13(18)11-6-5-7-12(15)17-11/h5-7H,2-4,8-10H2,1H3,(H,16,18). The zero-order valence-corrected chi connectivity index (χ0v) is 10.7. The number of rotatable bonds is 4. The summed E-state index contributed by atoms with van der Waals surface area (Å²) in [5, 5.41) is 2.89. The Labute approximate surface area is 107 Å². The molecule has 2 rings (SSSR count). The molecule has 0 aliphatic heterocycles. The minimum atomic E-state index is -0.617. The first-order valence-electron chi connectivity index (χ1n) is 6.56. The van der Waals surface area contributed by atoms with E-state index in [1.54, 1.807) is 0 Å². The van der Waals surface area contributed by atoms with Gasteiger partial charge in [-0.1, -0.05) is 25.8 Å². The second kappa shape index (κ2) is 5.46. The van der Waals surface area contributed by atoms with Gasteiger partial charge in [-0.15, -0.1) is 0 Å². The quantitative estimate of drug-likeness (QED) is 0.835. The second-order valence-corrected chi connectivity index (χ2v) is 5.09. The van der Waals surface area contributed by atoms with Gasteiger partial charge in [0.2, 0.25) is 5.95 Å². The lowest BCUT2D eigenvalue weighted by Crippen LogP contribution is -2.36. The van der Waals surface area contributed by atoms with Gasteiger partial charge in [0.25, 0.3) is 5.91 Å². The summed E-state index contributed by atoms with van der Waals surface area (Å²) in [6.07, 6.45) is 5.88. The van der Waals surface area contributed by atoms with Crippen LogP contribution in [0.15, 0.2) is 18.2 Å². The summed E-state index contributed by atoms with van der Waals surface area (Å²) in [5.41, 5.74) is 0.391. The average Bonchev–Trinajstić information content (AvgIpc) is 2.85. The van der Waals surface area contributed by atoms with Gasteiger partial charge in [-0.25, -0.2) is 4.98 Å². The van der Waals surface area contributed by atoms with Gasteiger partial charge in [-0.05, 0) is 36.8 Å². The number of aromatic nitrogens is 1. The molecule has 0 spiro atoms. The molecule has 1 aromatic heterocycles. The van der Waals surface area contributed by atoms with E-state index in [4.69, 9.17) is 0 Å². The zero-order chi connectivity index (χ0) is 13.0. The Hall–Kier alpha value is -1.45. The molecule has 0 saturated heterocycles. The van der Waals surface area contributed by atoms with E-state index in [0.29, 0.717) is 6.54 Å². The largest absolute Gasteiger partial charge is 0.350 e. The van der Waals surface area contributed by atoms with Crippen LogP contribution >= 0.6 is 0 Å². The maximum Gasteiger partial charge on any atom is 0.270 e. The summed E-state index contributed by atoms with van der Waals surface area (Å²) < 4.78 is 12.9. The lowest BCUT2D eigenvalue weighted by atomic mass is 9.83. The van der Waals surface area contributed by atoms with Crippen LogP contribution in [-0.2, 0) is 0 Å². The van der Waals surface area contributed by atoms with Crippen molar-refractivity contribution in [2.24, 2.45) is 5.41 Å². The fraction of sp³-hybridized carbons (Fsp3) is 0.571. The van der Waals surface area contributed by atoms with E-state index in [0.717, 1.165) is 6.42 Å². The summed E-state index contributed by atoms with van der Waals surface area (Å²) in [5.74, 6) is -0.900. The van der Waals surface area contributed by atoms with E-state index < -0.39 is 5.95 Å². The SMILES string of the molecule is CCC1(CNC(=O)c2cccc(F)n2)CCCC1. The van der Waals surface area contributed by atoms with Crippen molar-refractivity contribution >= 4 is 5.91 Å². The first-order chi connectivity index (χ1) is 8.65. The highest BCUT2D eigenvalue weighted by atomic mass is 19.1. The van der Waals surface area contributed by atoms with Gasteiger partial charge in [0, 0.05) is 6.54 Å². The third-order valence-corrected chi connectivity index (χ3v) is 3.99. The molecule has 1 amide bonds. The van der Waals surface area contributed by atoms with Crippen molar-refractivity contribution in [3.05, 3.63) is 29.8 Å². The lowest BCUT2D eigenvalue weighted by molar-refractivity contribution is 0.0922. The van der Waals surface area contributed by atoms with Crippen molar-refractivity contribution in [3.63, 3.8) is 0 Å². The molecule has 1 aliphatic carbocycles. The van der Waals surface area contributed by atoms with Crippen LogP contribution in [0.25, 0.3) is 0 Å². The number of nitrogens with one attached hydrogen (secondary N) is 1. The highest BCUT2D eigenvalue weighted by Crippen LogP contribution is 2.40. The number of hydrogen-bond acceptors (Lipinski definition) is 2. The van der Waals surface area contributed by atoms with Crippen molar-refractivity contribution in [1.29, 1.82) is 0 Å². The summed E-state index contributed by atoms with van der Waals surface area (Å²) in [4.78, 5) is 15.5. The summed E-state index contributed by atoms with van der Waals surface area (Å²) in [6.45, 7) is 2.83. The zero-order valence-electron chi connectivity index (χ0n) is 10.7. The molecule has 0 bridgehead atoms. The topological polar surface area (TPSA) is 42.0 Å². The van der Waals surface area contributed by atoms with Crippen LogP contribution in [0.1, 0.15) is 49.5 Å². The molecule has 0 radical (unpaired) electrons. The first-order valence-corrected chi connectivity index (χ1v) is 6.56. The number of carbonyl (C=O) groups excluding carboxylic acids is 1. The van der Waals surface area contributed by atoms with Crippen LogP contribution < -0.4 is 5.32 Å². The van der Waals surface area contributed by atoms with Crippen molar-refractivity contribution in [3.8, 4) is 0 Å². The van der Waals surface area contributed by atoms with Crippen LogP contribution in [-0.4, -0.2) is 17.4 Å².